The number of para-hydroxylation sites is 1. The highest BCUT2D eigenvalue weighted by Crippen LogP contribution is 2.28. The van der Waals surface area contributed by atoms with Gasteiger partial charge in [0.25, 0.3) is 0 Å². The fourth-order valence-corrected chi connectivity index (χ4v) is 5.17. The molecule has 2 N–H and O–H groups in total. The fraction of sp³-hybridized carbons (Fsp3) is 0.290. The van der Waals surface area contributed by atoms with E-state index in [2.05, 4.69) is 36.3 Å². The van der Waals surface area contributed by atoms with Crippen molar-refractivity contribution in [3.8, 4) is 0 Å². The van der Waals surface area contributed by atoms with Gasteiger partial charge in [-0.25, -0.2) is 4.39 Å². The standard InChI is InChI=1S/C31H32FN3O2/c1-20(2)21-12-14-23(15-13-21)30(22-8-4-3-5-9-22)34-31(37)28-17-25(32)19-35(28)29(36)16-24-18-33-27-11-7-6-10-26(24)27/h3-15,18,20,25,28,30,33H,16-17,19H2,1-2H3,(H,34,37)/t25-,28+,30?/m1/s1. The van der Waals surface area contributed by atoms with E-state index in [9.17, 15) is 14.0 Å². The Morgan fingerprint density at radius 2 is 1.59 bits per heavy atom. The zero-order valence-electron chi connectivity index (χ0n) is 21.2. The highest BCUT2D eigenvalue weighted by atomic mass is 19.1. The molecule has 0 saturated carbocycles. The number of aromatic amines is 1. The van der Waals surface area contributed by atoms with Crippen molar-refractivity contribution in [1.82, 2.24) is 15.2 Å². The summed E-state index contributed by atoms with van der Waals surface area (Å²) in [5, 5.41) is 4.09. The highest BCUT2D eigenvalue weighted by molar-refractivity contribution is 5.92. The van der Waals surface area contributed by atoms with Crippen molar-refractivity contribution in [3.63, 3.8) is 0 Å². The first-order valence-corrected chi connectivity index (χ1v) is 12.8. The Morgan fingerprint density at radius 1 is 0.946 bits per heavy atom. The number of aromatic nitrogens is 1. The van der Waals surface area contributed by atoms with E-state index in [0.717, 1.165) is 27.6 Å². The molecule has 3 aromatic carbocycles. The Morgan fingerprint density at radius 3 is 2.32 bits per heavy atom. The van der Waals surface area contributed by atoms with Gasteiger partial charge in [-0.15, -0.1) is 0 Å². The maximum absolute atomic E-state index is 14.6. The number of carbonyl (C=O) groups excluding carboxylic acids is 2. The van der Waals surface area contributed by atoms with Gasteiger partial charge in [0.05, 0.1) is 19.0 Å². The molecule has 1 aliphatic rings. The second-order valence-electron chi connectivity index (χ2n) is 10.1. The highest BCUT2D eigenvalue weighted by Gasteiger charge is 2.40. The van der Waals surface area contributed by atoms with Crippen LogP contribution in [0.1, 0.15) is 54.5 Å². The first-order valence-electron chi connectivity index (χ1n) is 12.8. The number of alkyl halides is 1. The Labute approximate surface area is 216 Å². The SMILES string of the molecule is CC(C)c1ccc(C(NC(=O)[C@@H]2C[C@@H](F)CN2C(=O)Cc2c[nH]c3ccccc23)c2ccccc2)cc1. The number of nitrogens with zero attached hydrogens (tertiary/aromatic N) is 1. The number of nitrogens with one attached hydrogen (secondary N) is 2. The van der Waals surface area contributed by atoms with E-state index in [0.29, 0.717) is 5.92 Å². The number of likely N-dealkylation sites (tertiary alicyclic amines) is 1. The van der Waals surface area contributed by atoms with Crippen LogP contribution in [0, 0.1) is 0 Å². The number of hydrogen-bond acceptors (Lipinski definition) is 2. The lowest BCUT2D eigenvalue weighted by Gasteiger charge is -2.27. The molecule has 6 heteroatoms. The van der Waals surface area contributed by atoms with Crippen LogP contribution in [0.2, 0.25) is 0 Å². The van der Waals surface area contributed by atoms with Crippen molar-refractivity contribution >= 4 is 22.7 Å². The van der Waals surface area contributed by atoms with Crippen LogP contribution in [0.3, 0.4) is 0 Å². The number of rotatable bonds is 7. The van der Waals surface area contributed by atoms with Crippen molar-refractivity contribution in [2.24, 2.45) is 0 Å². The first kappa shape index (κ1) is 24.8. The minimum Gasteiger partial charge on any atom is -0.361 e. The molecule has 0 radical (unpaired) electrons. The Bertz CT molecular complexity index is 1380. The number of H-pyrrole nitrogens is 1. The quantitative estimate of drug-likeness (QED) is 0.345. The lowest BCUT2D eigenvalue weighted by Crippen LogP contribution is -2.47. The monoisotopic (exact) mass is 497 g/mol. The molecule has 5 nitrogen and oxygen atoms in total. The molecule has 2 heterocycles. The molecule has 1 saturated heterocycles. The predicted octanol–water partition coefficient (Wildman–Crippen LogP) is 5.68. The molecule has 1 unspecified atom stereocenters. The molecule has 37 heavy (non-hydrogen) atoms. The number of fused-ring (bicyclic) bond motifs is 1. The summed E-state index contributed by atoms with van der Waals surface area (Å²) in [6.07, 6.45) is 0.689. The summed E-state index contributed by atoms with van der Waals surface area (Å²) >= 11 is 0. The Kier molecular flexibility index (Phi) is 7.08. The molecule has 0 aliphatic carbocycles. The van der Waals surface area contributed by atoms with Gasteiger partial charge < -0.3 is 15.2 Å². The van der Waals surface area contributed by atoms with Crippen molar-refractivity contribution < 1.29 is 14.0 Å². The summed E-state index contributed by atoms with van der Waals surface area (Å²) in [7, 11) is 0. The second-order valence-corrected chi connectivity index (χ2v) is 10.1. The molecule has 190 valence electrons. The van der Waals surface area contributed by atoms with Gasteiger partial charge in [0.15, 0.2) is 0 Å². The number of halogens is 1. The van der Waals surface area contributed by atoms with Crippen molar-refractivity contribution in [2.45, 2.75) is 50.9 Å². The largest absolute Gasteiger partial charge is 0.361 e. The van der Waals surface area contributed by atoms with Gasteiger partial charge in [0, 0.05) is 23.5 Å². The molecule has 1 aliphatic heterocycles. The molecule has 5 rings (SSSR count). The van der Waals surface area contributed by atoms with E-state index < -0.39 is 18.3 Å². The van der Waals surface area contributed by atoms with E-state index >= 15 is 0 Å². The first-order chi connectivity index (χ1) is 17.9. The van der Waals surface area contributed by atoms with Gasteiger partial charge >= 0.3 is 0 Å². The summed E-state index contributed by atoms with van der Waals surface area (Å²) in [5.74, 6) is -0.188. The average Bonchev–Trinajstić information content (AvgIpc) is 3.51. The topological polar surface area (TPSA) is 65.2 Å². The number of benzene rings is 3. The third-order valence-electron chi connectivity index (χ3n) is 7.25. The normalized spacial score (nSPS) is 18.3. The van der Waals surface area contributed by atoms with E-state index in [4.69, 9.17) is 0 Å². The van der Waals surface area contributed by atoms with Crippen LogP contribution in [0.4, 0.5) is 4.39 Å². The molecule has 1 fully saturated rings. The molecule has 1 aromatic heterocycles. The average molecular weight is 498 g/mol. The lowest BCUT2D eigenvalue weighted by atomic mass is 9.95. The van der Waals surface area contributed by atoms with Gasteiger partial charge in [-0.05, 0) is 34.2 Å². The molecular formula is C31H32FN3O2. The van der Waals surface area contributed by atoms with E-state index in [1.165, 1.54) is 10.5 Å². The molecule has 3 atom stereocenters. The van der Waals surface area contributed by atoms with Crippen LogP contribution in [0.25, 0.3) is 10.9 Å². The predicted molar refractivity (Wildman–Crippen MR) is 144 cm³/mol. The van der Waals surface area contributed by atoms with Gasteiger partial charge in [0.2, 0.25) is 11.8 Å². The van der Waals surface area contributed by atoms with Gasteiger partial charge in [-0.1, -0.05) is 86.6 Å². The molecule has 2 amide bonds. The van der Waals surface area contributed by atoms with Crippen molar-refractivity contribution in [2.75, 3.05) is 6.54 Å². The van der Waals surface area contributed by atoms with Crippen LogP contribution >= 0.6 is 0 Å². The molecular weight excluding hydrogens is 465 g/mol. The van der Waals surface area contributed by atoms with Crippen LogP contribution in [-0.4, -0.2) is 40.5 Å². The smallest absolute Gasteiger partial charge is 0.243 e. The summed E-state index contributed by atoms with van der Waals surface area (Å²) < 4.78 is 14.6. The number of amides is 2. The van der Waals surface area contributed by atoms with E-state index in [1.807, 2.05) is 72.9 Å². The fourth-order valence-electron chi connectivity index (χ4n) is 5.17. The van der Waals surface area contributed by atoms with Crippen LogP contribution in [-0.2, 0) is 16.0 Å². The summed E-state index contributed by atoms with van der Waals surface area (Å²) in [5.41, 5.74) is 4.87. The van der Waals surface area contributed by atoms with Crippen LogP contribution < -0.4 is 5.32 Å². The maximum Gasteiger partial charge on any atom is 0.243 e. The van der Waals surface area contributed by atoms with Crippen LogP contribution in [0.5, 0.6) is 0 Å². The second kappa shape index (κ2) is 10.6. The van der Waals surface area contributed by atoms with Crippen molar-refractivity contribution in [1.29, 1.82) is 0 Å². The van der Waals surface area contributed by atoms with E-state index in [1.54, 1.807) is 0 Å². The maximum atomic E-state index is 14.6. The Hall–Kier alpha value is -3.93. The minimum atomic E-state index is -1.23. The third-order valence-corrected chi connectivity index (χ3v) is 7.25. The minimum absolute atomic E-state index is 0.000739. The zero-order valence-corrected chi connectivity index (χ0v) is 21.2. The number of hydrogen-bond donors (Lipinski definition) is 2. The van der Waals surface area contributed by atoms with Crippen molar-refractivity contribution in [3.05, 3.63) is 107 Å². The summed E-state index contributed by atoms with van der Waals surface area (Å²) in [4.78, 5) is 31.5. The molecule has 4 aromatic rings. The lowest BCUT2D eigenvalue weighted by molar-refractivity contribution is -0.138. The summed E-state index contributed by atoms with van der Waals surface area (Å²) in [6, 6.07) is 24.4. The summed E-state index contributed by atoms with van der Waals surface area (Å²) in [6.45, 7) is 4.21. The van der Waals surface area contributed by atoms with Gasteiger partial charge in [-0.3, -0.25) is 9.59 Å². The number of carbonyl (C=O) groups is 2. The molecule has 0 bridgehead atoms. The zero-order chi connectivity index (χ0) is 25.9. The van der Waals surface area contributed by atoms with Gasteiger partial charge in [-0.2, -0.15) is 0 Å². The molecule has 0 spiro atoms. The third kappa shape index (κ3) is 5.29. The van der Waals surface area contributed by atoms with Gasteiger partial charge in [0.1, 0.15) is 12.2 Å². The Balaban J connectivity index is 1.37. The van der Waals surface area contributed by atoms with Crippen LogP contribution in [0.15, 0.2) is 85.1 Å². The van der Waals surface area contributed by atoms with E-state index in [-0.39, 0.29) is 31.2 Å².